The Balaban J connectivity index is 2.49. The molecule has 0 amide bonds. The van der Waals surface area contributed by atoms with Crippen LogP contribution in [0.3, 0.4) is 0 Å². The summed E-state index contributed by atoms with van der Waals surface area (Å²) in [7, 11) is -0.962. The van der Waals surface area contributed by atoms with Crippen molar-refractivity contribution in [3.8, 4) is 23.7 Å². The second-order valence-electron chi connectivity index (χ2n) is 4.91. The molecule has 88 valence electrons. The summed E-state index contributed by atoms with van der Waals surface area (Å²) in [6.45, 7) is 3.91. The van der Waals surface area contributed by atoms with Crippen LogP contribution in [0.25, 0.3) is 0 Å². The van der Waals surface area contributed by atoms with Crippen LogP contribution in [0.5, 0.6) is 0 Å². The van der Waals surface area contributed by atoms with Gasteiger partial charge in [0.1, 0.15) is 0 Å². The molecule has 0 aromatic rings. The Labute approximate surface area is 102 Å². The third-order valence-corrected chi connectivity index (χ3v) is 9.28. The van der Waals surface area contributed by atoms with Gasteiger partial charge in [-0.15, -0.1) is 23.7 Å². The molecule has 1 heteroatoms. The van der Waals surface area contributed by atoms with Crippen molar-refractivity contribution < 1.29 is 0 Å². The van der Waals surface area contributed by atoms with Crippen molar-refractivity contribution in [2.45, 2.75) is 70.1 Å². The number of rotatable bonds is 4. The molecule has 1 aliphatic rings. The van der Waals surface area contributed by atoms with Crippen molar-refractivity contribution in [2.75, 3.05) is 0 Å². The van der Waals surface area contributed by atoms with Crippen molar-refractivity contribution in [1.29, 1.82) is 0 Å². The van der Waals surface area contributed by atoms with Crippen molar-refractivity contribution in [1.82, 2.24) is 0 Å². The maximum absolute atomic E-state index is 3.26. The van der Waals surface area contributed by atoms with E-state index in [2.05, 4.69) is 23.7 Å². The SMILES string of the molecule is CC#CCC[Si]1(CCC#CC)CCCCC1. The van der Waals surface area contributed by atoms with E-state index in [1.165, 1.54) is 31.4 Å². The molecule has 0 aromatic heterocycles. The van der Waals surface area contributed by atoms with Gasteiger partial charge in [-0.2, -0.15) is 0 Å². The first-order valence-electron chi connectivity index (χ1n) is 6.62. The van der Waals surface area contributed by atoms with Crippen molar-refractivity contribution >= 4 is 8.07 Å². The summed E-state index contributed by atoms with van der Waals surface area (Å²) >= 11 is 0. The highest BCUT2D eigenvalue weighted by molar-refractivity contribution is 6.80. The molecule has 0 spiro atoms. The molecule has 0 N–H and O–H groups in total. The van der Waals surface area contributed by atoms with Crippen molar-refractivity contribution in [2.24, 2.45) is 0 Å². The van der Waals surface area contributed by atoms with Crippen LogP contribution in [0, 0.1) is 23.7 Å². The van der Waals surface area contributed by atoms with Crippen LogP contribution in [-0.2, 0) is 0 Å². The Bertz CT molecular complexity index is 276. The molecule has 1 rings (SSSR count). The molecule has 1 fully saturated rings. The van der Waals surface area contributed by atoms with E-state index in [1.54, 1.807) is 12.1 Å². The fraction of sp³-hybridized carbons (Fsp3) is 0.733. The molecular formula is C15H24Si. The van der Waals surface area contributed by atoms with E-state index >= 15 is 0 Å². The predicted octanol–water partition coefficient (Wildman–Crippen LogP) is 4.45. The molecule has 0 saturated carbocycles. The summed E-state index contributed by atoms with van der Waals surface area (Å²) in [5, 5.41) is 0. The summed E-state index contributed by atoms with van der Waals surface area (Å²) in [6.07, 6.45) is 6.70. The van der Waals surface area contributed by atoms with E-state index in [0.29, 0.717) is 0 Å². The Hall–Kier alpha value is -0.663. The highest BCUT2D eigenvalue weighted by Crippen LogP contribution is 2.36. The summed E-state index contributed by atoms with van der Waals surface area (Å²) in [5.74, 6) is 12.6. The largest absolute Gasteiger partial charge is 0.107 e. The maximum Gasteiger partial charge on any atom is 0.0554 e. The topological polar surface area (TPSA) is 0 Å². The summed E-state index contributed by atoms with van der Waals surface area (Å²) in [5.41, 5.74) is 0. The summed E-state index contributed by atoms with van der Waals surface area (Å²) in [6, 6.07) is 5.95. The molecule has 16 heavy (non-hydrogen) atoms. The van der Waals surface area contributed by atoms with Gasteiger partial charge in [0.15, 0.2) is 0 Å². The molecule has 0 aromatic carbocycles. The van der Waals surface area contributed by atoms with Crippen molar-refractivity contribution in [3.05, 3.63) is 0 Å². The van der Waals surface area contributed by atoms with Crippen LogP contribution >= 0.6 is 0 Å². The maximum atomic E-state index is 3.26. The van der Waals surface area contributed by atoms with E-state index in [1.807, 2.05) is 13.8 Å². The molecule has 0 unspecified atom stereocenters. The van der Waals surface area contributed by atoms with Gasteiger partial charge in [-0.1, -0.05) is 31.4 Å². The fourth-order valence-corrected chi connectivity index (χ4v) is 7.64. The zero-order chi connectivity index (χ0) is 11.7. The summed E-state index contributed by atoms with van der Waals surface area (Å²) in [4.78, 5) is 0. The third kappa shape index (κ3) is 4.46. The molecule has 0 nitrogen and oxygen atoms in total. The highest BCUT2D eigenvalue weighted by atomic mass is 28.3. The standard InChI is InChI=1S/C15H24Si/c1-3-5-8-12-16(13-9-6-4-2)14-10-7-11-15-16/h7-15H2,1-2H3. The summed E-state index contributed by atoms with van der Waals surface area (Å²) < 4.78 is 0. The Morgan fingerprint density at radius 3 is 1.75 bits per heavy atom. The van der Waals surface area contributed by atoms with Crippen LogP contribution < -0.4 is 0 Å². The average molecular weight is 232 g/mol. The van der Waals surface area contributed by atoms with E-state index in [-0.39, 0.29) is 0 Å². The smallest absolute Gasteiger partial charge is 0.0554 e. The van der Waals surface area contributed by atoms with Gasteiger partial charge < -0.3 is 0 Å². The van der Waals surface area contributed by atoms with E-state index < -0.39 is 8.07 Å². The minimum absolute atomic E-state index is 0.962. The Morgan fingerprint density at radius 1 is 0.812 bits per heavy atom. The van der Waals surface area contributed by atoms with Gasteiger partial charge in [0.2, 0.25) is 0 Å². The van der Waals surface area contributed by atoms with Crippen LogP contribution in [0.4, 0.5) is 0 Å². The highest BCUT2D eigenvalue weighted by Gasteiger charge is 2.32. The monoisotopic (exact) mass is 232 g/mol. The molecule has 0 bridgehead atoms. The Kier molecular flexibility index (Phi) is 6.35. The second kappa shape index (κ2) is 7.58. The van der Waals surface area contributed by atoms with Gasteiger partial charge in [0, 0.05) is 12.8 Å². The van der Waals surface area contributed by atoms with E-state index in [4.69, 9.17) is 0 Å². The first-order valence-corrected chi connectivity index (χ1v) is 9.45. The zero-order valence-corrected chi connectivity index (χ0v) is 11.9. The first kappa shape index (κ1) is 13.4. The van der Waals surface area contributed by atoms with Gasteiger partial charge in [0.25, 0.3) is 0 Å². The first-order chi connectivity index (χ1) is 7.83. The lowest BCUT2D eigenvalue weighted by molar-refractivity contribution is 0.698. The Morgan fingerprint density at radius 2 is 1.31 bits per heavy atom. The van der Waals surface area contributed by atoms with Crippen LogP contribution in [0.1, 0.15) is 46.0 Å². The van der Waals surface area contributed by atoms with Gasteiger partial charge in [0.05, 0.1) is 8.07 Å². The normalized spacial score (nSPS) is 17.9. The zero-order valence-electron chi connectivity index (χ0n) is 10.9. The van der Waals surface area contributed by atoms with Gasteiger partial charge in [-0.05, 0) is 25.9 Å². The average Bonchev–Trinajstić information content (AvgIpc) is 2.31. The number of hydrogen-bond acceptors (Lipinski definition) is 0. The van der Waals surface area contributed by atoms with Crippen LogP contribution in [0.2, 0.25) is 24.2 Å². The molecular weight excluding hydrogens is 208 g/mol. The minimum atomic E-state index is -0.962. The minimum Gasteiger partial charge on any atom is -0.107 e. The lowest BCUT2D eigenvalue weighted by atomic mass is 10.3. The fourth-order valence-electron chi connectivity index (χ4n) is 2.83. The van der Waals surface area contributed by atoms with Gasteiger partial charge in [-0.3, -0.25) is 0 Å². The molecule has 1 heterocycles. The lowest BCUT2D eigenvalue weighted by Crippen LogP contribution is -2.35. The van der Waals surface area contributed by atoms with E-state index in [9.17, 15) is 0 Å². The predicted molar refractivity (Wildman–Crippen MR) is 75.0 cm³/mol. The van der Waals surface area contributed by atoms with Crippen molar-refractivity contribution in [3.63, 3.8) is 0 Å². The molecule has 1 saturated heterocycles. The van der Waals surface area contributed by atoms with Gasteiger partial charge >= 0.3 is 0 Å². The molecule has 1 aliphatic heterocycles. The lowest BCUT2D eigenvalue weighted by Gasteiger charge is -2.34. The van der Waals surface area contributed by atoms with Crippen LogP contribution in [0.15, 0.2) is 0 Å². The third-order valence-electron chi connectivity index (χ3n) is 3.83. The molecule has 0 atom stereocenters. The quantitative estimate of drug-likeness (QED) is 0.496. The second-order valence-corrected chi connectivity index (χ2v) is 9.91. The molecule has 0 radical (unpaired) electrons. The van der Waals surface area contributed by atoms with Gasteiger partial charge in [-0.25, -0.2) is 0 Å². The number of hydrogen-bond donors (Lipinski definition) is 0. The van der Waals surface area contributed by atoms with E-state index in [0.717, 1.165) is 12.8 Å². The van der Waals surface area contributed by atoms with Crippen LogP contribution in [-0.4, -0.2) is 8.07 Å². The molecule has 0 aliphatic carbocycles.